The summed E-state index contributed by atoms with van der Waals surface area (Å²) in [5.41, 5.74) is 0. The first-order valence-electron chi connectivity index (χ1n) is 22.6. The van der Waals surface area contributed by atoms with Gasteiger partial charge < -0.3 is 110 Å². The number of hydroxylamine groups is 2. The summed E-state index contributed by atoms with van der Waals surface area (Å²) >= 11 is 0. The fraction of sp³-hybridized carbons (Fsp3) is 0.927. The molecule has 24 heteroatoms. The quantitative estimate of drug-likeness (QED) is 0.0468. The summed E-state index contributed by atoms with van der Waals surface area (Å²) in [7, 11) is 0. The largest absolute Gasteiger partial charge is 0.762 e. The number of aliphatic hydroxyl groups is 12. The first-order valence-corrected chi connectivity index (χ1v) is 22.6. The monoisotopic (exact) mass is 940 g/mol. The third-order valence-corrected chi connectivity index (χ3v) is 14.2. The molecule has 3 saturated carbocycles. The molecule has 0 spiro atoms. The predicted octanol–water partition coefficient (Wildman–Crippen LogP) is -4.87. The van der Waals surface area contributed by atoms with Crippen LogP contribution in [0.15, 0.2) is 12.2 Å². The zero-order valence-corrected chi connectivity index (χ0v) is 35.6. The Balaban J connectivity index is 1.04. The molecule has 9 unspecified atom stereocenters. The number of aliphatic hydroxyl groups excluding tert-OH is 12. The number of nitrogens with zero attached hydrogens (tertiary/aromatic N) is 1. The van der Waals surface area contributed by atoms with E-state index in [1.54, 1.807) is 6.08 Å². The Morgan fingerprint density at radius 1 is 0.631 bits per heavy atom. The molecular formula is C41H66NO23-. The van der Waals surface area contributed by atoms with Crippen molar-refractivity contribution in [2.45, 2.75) is 199 Å². The Kier molecular flexibility index (Phi) is 17.6. The minimum absolute atomic E-state index is 0.0488. The molecule has 7 rings (SSSR count). The minimum Gasteiger partial charge on any atom is -0.762 e. The van der Waals surface area contributed by atoms with Gasteiger partial charge >= 0.3 is 5.97 Å². The van der Waals surface area contributed by atoms with Crippen LogP contribution in [0.1, 0.15) is 64.2 Å². The molecule has 24 nitrogen and oxygen atoms in total. The summed E-state index contributed by atoms with van der Waals surface area (Å²) in [5.74, 6) is -1.81. The lowest BCUT2D eigenvalue weighted by Gasteiger charge is -2.51. The lowest BCUT2D eigenvalue weighted by Crippen LogP contribution is -2.65. The lowest BCUT2D eigenvalue weighted by atomic mass is 9.72. The van der Waals surface area contributed by atoms with Crippen LogP contribution in [0.25, 0.3) is 0 Å². The molecule has 4 saturated heterocycles. The molecule has 4 heterocycles. The summed E-state index contributed by atoms with van der Waals surface area (Å²) in [6, 6.07) is -0.516. The van der Waals surface area contributed by atoms with Crippen molar-refractivity contribution in [2.24, 2.45) is 17.8 Å². The van der Waals surface area contributed by atoms with Crippen molar-refractivity contribution in [1.29, 1.82) is 0 Å². The van der Waals surface area contributed by atoms with Gasteiger partial charge in [0.15, 0.2) is 18.9 Å². The molecule has 0 radical (unpaired) electrons. The highest BCUT2D eigenvalue weighted by Crippen LogP contribution is 2.44. The SMILES string of the molecule is O=C(C=CC1CCC(N([O-])O)CC1)OC[C@H]1O[C@@H](OC[C@H]2O[C@@H](OC3CC4C(O)CC(O)CC4OC3C3CCC(O)C(O)C3)[C@H](O[C@@H]3OC[C@@H](O)[C@H](O)[C@H]3O)[C@@H](O)[C@H]2O)[C@H](O)[C@@H](O)[C@@H]1O. The Bertz CT molecular complexity index is 1540. The van der Waals surface area contributed by atoms with Crippen molar-refractivity contribution in [3.63, 3.8) is 0 Å². The molecule has 65 heavy (non-hydrogen) atoms. The lowest BCUT2D eigenvalue weighted by molar-refractivity contribution is -0.376. The van der Waals surface area contributed by atoms with Gasteiger partial charge in [-0.25, -0.2) is 4.79 Å². The number of hydrogen-bond donors (Lipinski definition) is 13. The van der Waals surface area contributed by atoms with E-state index in [4.69, 9.17) is 43.1 Å². The van der Waals surface area contributed by atoms with E-state index in [1.165, 1.54) is 6.08 Å². The van der Waals surface area contributed by atoms with Crippen LogP contribution in [0.5, 0.6) is 0 Å². The van der Waals surface area contributed by atoms with Gasteiger partial charge in [0.05, 0.1) is 55.9 Å². The molecule has 7 aliphatic rings. The fourth-order valence-electron chi connectivity index (χ4n) is 10.3. The van der Waals surface area contributed by atoms with E-state index in [0.717, 1.165) is 0 Å². The highest BCUT2D eigenvalue weighted by molar-refractivity contribution is 5.81. The molecule has 0 aromatic heterocycles. The zero-order chi connectivity index (χ0) is 46.9. The van der Waals surface area contributed by atoms with E-state index in [0.29, 0.717) is 32.1 Å². The number of fused-ring (bicyclic) bond motifs is 1. The van der Waals surface area contributed by atoms with Gasteiger partial charge in [0.25, 0.3) is 0 Å². The van der Waals surface area contributed by atoms with Gasteiger partial charge in [-0.05, 0) is 76.0 Å². The third kappa shape index (κ3) is 12.0. The minimum atomic E-state index is -1.92. The fourth-order valence-corrected chi connectivity index (χ4v) is 10.3. The van der Waals surface area contributed by atoms with Crippen LogP contribution in [0.2, 0.25) is 0 Å². The van der Waals surface area contributed by atoms with E-state index < -0.39 is 172 Å². The third-order valence-electron chi connectivity index (χ3n) is 14.2. The molecule has 0 amide bonds. The van der Waals surface area contributed by atoms with E-state index in [2.05, 4.69) is 0 Å². The van der Waals surface area contributed by atoms with Crippen LogP contribution in [-0.4, -0.2) is 232 Å². The molecule has 0 aromatic carbocycles. The number of allylic oxidation sites excluding steroid dienone is 1. The van der Waals surface area contributed by atoms with Crippen LogP contribution in [0.4, 0.5) is 0 Å². The summed E-state index contributed by atoms with van der Waals surface area (Å²) in [6.45, 7) is -1.75. The van der Waals surface area contributed by atoms with Crippen LogP contribution in [0, 0.1) is 23.0 Å². The van der Waals surface area contributed by atoms with Gasteiger partial charge in [0, 0.05) is 18.0 Å². The molecule has 3 aliphatic carbocycles. The maximum absolute atomic E-state index is 12.6. The molecule has 0 aromatic rings. The van der Waals surface area contributed by atoms with Gasteiger partial charge in [-0.1, -0.05) is 6.08 Å². The number of esters is 1. The van der Waals surface area contributed by atoms with Crippen LogP contribution >= 0.6 is 0 Å². The van der Waals surface area contributed by atoms with E-state index in [1.807, 2.05) is 0 Å². The Hall–Kier alpha value is -1.67. The predicted molar refractivity (Wildman–Crippen MR) is 211 cm³/mol. The Morgan fingerprint density at radius 2 is 1.31 bits per heavy atom. The average molecular weight is 941 g/mol. The summed E-state index contributed by atoms with van der Waals surface area (Å²) in [6.07, 6.45) is -24.5. The number of rotatable bonds is 13. The second-order valence-corrected chi connectivity index (χ2v) is 18.7. The van der Waals surface area contributed by atoms with Gasteiger partial charge in [0.2, 0.25) is 0 Å². The average Bonchev–Trinajstić information content (AvgIpc) is 3.28. The highest BCUT2D eigenvalue weighted by atomic mass is 16.8. The maximum Gasteiger partial charge on any atom is 0.330 e. The van der Waals surface area contributed by atoms with Crippen LogP contribution in [-0.2, 0) is 42.7 Å². The van der Waals surface area contributed by atoms with Crippen LogP contribution < -0.4 is 0 Å². The van der Waals surface area contributed by atoms with Crippen molar-refractivity contribution in [2.75, 3.05) is 19.8 Å². The van der Waals surface area contributed by atoms with Crippen molar-refractivity contribution in [1.82, 2.24) is 5.23 Å². The van der Waals surface area contributed by atoms with Gasteiger partial charge in [-0.15, -0.1) is 0 Å². The first kappa shape index (κ1) is 51.2. The number of carbonyl (C=O) groups is 1. The number of carbonyl (C=O) groups excluding carboxylic acids is 1. The van der Waals surface area contributed by atoms with Gasteiger partial charge in [-0.2, -0.15) is 0 Å². The van der Waals surface area contributed by atoms with Gasteiger partial charge in [-0.3, -0.25) is 5.23 Å². The molecule has 374 valence electrons. The van der Waals surface area contributed by atoms with Gasteiger partial charge in [0.1, 0.15) is 73.8 Å². The van der Waals surface area contributed by atoms with Crippen molar-refractivity contribution in [3.05, 3.63) is 17.4 Å². The van der Waals surface area contributed by atoms with Crippen molar-refractivity contribution in [3.8, 4) is 0 Å². The van der Waals surface area contributed by atoms with E-state index in [9.17, 15) is 71.3 Å². The highest BCUT2D eigenvalue weighted by Gasteiger charge is 2.55. The first-order chi connectivity index (χ1) is 30.9. The molecule has 4 aliphatic heterocycles. The summed E-state index contributed by atoms with van der Waals surface area (Å²) in [5, 5.41) is 149. The van der Waals surface area contributed by atoms with E-state index >= 15 is 0 Å². The van der Waals surface area contributed by atoms with Crippen molar-refractivity contribution >= 4 is 5.97 Å². The normalized spacial score (nSPS) is 50.0. The Labute approximate surface area is 373 Å². The zero-order valence-electron chi connectivity index (χ0n) is 35.6. The topological polar surface area (TPSA) is 380 Å². The van der Waals surface area contributed by atoms with Crippen molar-refractivity contribution < 1.29 is 109 Å². The molecule has 7 fully saturated rings. The smallest absolute Gasteiger partial charge is 0.330 e. The molecule has 23 atom stereocenters. The standard InChI is InChI=1S/C41H66NO23/c43-19-10-22(45)20-12-26(37(61-25(20)11-19)17-4-7-21(44)23(46)9-17)62-41-38(65-40-35(54)30(49)24(47)13-59-40)34(53)32(51)28(64-41)15-60-39-36(55)33(52)31(50)27(63-39)14-58-29(48)8-3-16-1-5-18(6-2-16)42(56)57/h3,8,16-28,30-41,43-47,49-56H,1-2,4-7,9-15H2/q-1/t16?,17?,18?,19?,20?,21?,22?,23?,24-,25?,26?,27-,28-,30+,31-,32+,33+,34+,35-,36-,37?,38-,39-,40+,41-/m1/s1. The second-order valence-electron chi connectivity index (χ2n) is 18.7. The summed E-state index contributed by atoms with van der Waals surface area (Å²) < 4.78 is 47.4. The summed E-state index contributed by atoms with van der Waals surface area (Å²) in [4.78, 5) is 12.6. The second kappa shape index (κ2) is 22.4. The van der Waals surface area contributed by atoms with E-state index in [-0.39, 0.29) is 43.2 Å². The molecule has 0 bridgehead atoms. The number of ether oxygens (including phenoxy) is 8. The molecule has 13 N–H and O–H groups in total. The molecular weight excluding hydrogens is 874 g/mol. The Morgan fingerprint density at radius 3 is 2.02 bits per heavy atom. The number of hydrogen-bond acceptors (Lipinski definition) is 24. The maximum atomic E-state index is 12.6. The van der Waals surface area contributed by atoms with Crippen LogP contribution in [0.3, 0.4) is 0 Å².